The molecule has 0 unspecified atom stereocenters. The van der Waals surface area contributed by atoms with E-state index in [4.69, 9.17) is 5.11 Å². The van der Waals surface area contributed by atoms with Gasteiger partial charge in [-0.2, -0.15) is 0 Å². The lowest BCUT2D eigenvalue weighted by Gasteiger charge is -2.07. The van der Waals surface area contributed by atoms with Crippen LogP contribution in [0, 0.1) is 12.8 Å². The first-order valence-corrected chi connectivity index (χ1v) is 9.66. The number of rotatable bonds is 7. The molecule has 2 heterocycles. The molecule has 3 N–H and O–H groups in total. The lowest BCUT2D eigenvalue weighted by Crippen LogP contribution is -2.21. The van der Waals surface area contributed by atoms with Gasteiger partial charge in [-0.3, -0.25) is 14.8 Å². The zero-order valence-electron chi connectivity index (χ0n) is 18.0. The highest BCUT2D eigenvalue weighted by atomic mass is 16.3. The third kappa shape index (κ3) is 6.04. The average molecular weight is 418 g/mol. The van der Waals surface area contributed by atoms with Crippen molar-refractivity contribution >= 4 is 28.2 Å². The minimum Gasteiger partial charge on any atom is -0.392 e. The van der Waals surface area contributed by atoms with Crippen LogP contribution < -0.4 is 5.32 Å². The Bertz CT molecular complexity index is 1090. The van der Waals surface area contributed by atoms with Gasteiger partial charge in [-0.25, -0.2) is 0 Å². The summed E-state index contributed by atoms with van der Waals surface area (Å²) in [7, 11) is 3.46. The Morgan fingerprint density at radius 2 is 2.03 bits per heavy atom. The van der Waals surface area contributed by atoms with E-state index in [0.717, 1.165) is 33.6 Å². The number of aliphatic hydroxyl groups is 1. The summed E-state index contributed by atoms with van der Waals surface area (Å²) in [6.45, 7) is 2.27. The maximum absolute atomic E-state index is 12.1. The van der Waals surface area contributed by atoms with Crippen LogP contribution in [-0.2, 0) is 6.61 Å². The number of carbonyl (C=O) groups is 1. The molecule has 0 fully saturated rings. The van der Waals surface area contributed by atoms with Gasteiger partial charge in [-0.1, -0.05) is 12.1 Å². The van der Waals surface area contributed by atoms with Crippen molar-refractivity contribution in [3.05, 3.63) is 71.7 Å². The molecule has 0 aliphatic heterocycles. The van der Waals surface area contributed by atoms with E-state index in [9.17, 15) is 4.79 Å². The molecule has 160 valence electrons. The molecule has 0 saturated carbocycles. The number of aliphatic hydroxyl groups excluding tert-OH is 1. The molecule has 7 heteroatoms. The fourth-order valence-electron chi connectivity index (χ4n) is 2.86. The second-order valence-corrected chi connectivity index (χ2v) is 6.77. The van der Waals surface area contributed by atoms with Crippen LogP contribution in [0.4, 0.5) is 5.69 Å². The van der Waals surface area contributed by atoms with Crippen LogP contribution in [-0.4, -0.2) is 52.4 Å². The second-order valence-electron chi connectivity index (χ2n) is 6.77. The van der Waals surface area contributed by atoms with E-state index < -0.39 is 0 Å². The highest BCUT2D eigenvalue weighted by molar-refractivity contribution is 6.07. The van der Waals surface area contributed by atoms with Gasteiger partial charge in [0.1, 0.15) is 12.4 Å². The number of aromatic amines is 1. The fraction of sp³-hybridized carbons (Fsp3) is 0.208. The maximum Gasteiger partial charge on any atom is 0.269 e. The molecule has 3 rings (SSSR count). The molecule has 0 spiro atoms. The highest BCUT2D eigenvalue weighted by Gasteiger charge is 2.11. The van der Waals surface area contributed by atoms with Crippen molar-refractivity contribution in [2.24, 2.45) is 4.99 Å². The number of carbonyl (C=O) groups excluding carboxylic acids is 1. The first-order chi connectivity index (χ1) is 15.0. The van der Waals surface area contributed by atoms with Gasteiger partial charge in [0.05, 0.1) is 18.0 Å². The highest BCUT2D eigenvalue weighted by Crippen LogP contribution is 2.20. The van der Waals surface area contributed by atoms with Crippen molar-refractivity contribution in [2.75, 3.05) is 26.1 Å². The van der Waals surface area contributed by atoms with E-state index >= 15 is 0 Å². The molecule has 31 heavy (non-hydrogen) atoms. The topological polar surface area (TPSA) is 93.6 Å². The van der Waals surface area contributed by atoms with Crippen molar-refractivity contribution in [2.45, 2.75) is 13.5 Å². The number of allylic oxidation sites excluding steroid dienone is 2. The summed E-state index contributed by atoms with van der Waals surface area (Å²) in [4.78, 5) is 25.8. The normalized spacial score (nSPS) is 11.2. The van der Waals surface area contributed by atoms with Gasteiger partial charge in [-0.15, -0.1) is 12.8 Å². The molecule has 2 aromatic heterocycles. The molecule has 1 amide bonds. The van der Waals surface area contributed by atoms with E-state index in [2.05, 4.69) is 33.1 Å². The van der Waals surface area contributed by atoms with Crippen LogP contribution in [0.3, 0.4) is 0 Å². The Hall–Kier alpha value is -3.89. The smallest absolute Gasteiger partial charge is 0.269 e. The molecule has 0 radical (unpaired) electrons. The maximum atomic E-state index is 12.1. The van der Waals surface area contributed by atoms with Crippen molar-refractivity contribution in [3.63, 3.8) is 0 Å². The molecule has 0 atom stereocenters. The Balaban J connectivity index is 0.00000166. The lowest BCUT2D eigenvalue weighted by molar-refractivity contribution is 0.0823. The Morgan fingerprint density at radius 1 is 1.26 bits per heavy atom. The van der Waals surface area contributed by atoms with Crippen molar-refractivity contribution in [3.8, 4) is 12.8 Å². The van der Waals surface area contributed by atoms with E-state index in [1.807, 2.05) is 55.5 Å². The molecule has 0 saturated heterocycles. The van der Waals surface area contributed by atoms with E-state index in [0.29, 0.717) is 12.4 Å². The number of hydrogen-bond acceptors (Lipinski definition) is 5. The second kappa shape index (κ2) is 11.3. The number of hydrogen-bond donors (Lipinski definition) is 3. The number of pyridine rings is 1. The summed E-state index contributed by atoms with van der Waals surface area (Å²) < 4.78 is 0. The van der Waals surface area contributed by atoms with Gasteiger partial charge in [0.15, 0.2) is 0 Å². The monoisotopic (exact) mass is 417 g/mol. The van der Waals surface area contributed by atoms with Crippen LogP contribution >= 0.6 is 0 Å². The Kier molecular flexibility index (Phi) is 8.55. The molecular formula is C24H27N5O2. The van der Waals surface area contributed by atoms with E-state index in [1.54, 1.807) is 25.2 Å². The number of fused-ring (bicyclic) bond motifs is 1. The van der Waals surface area contributed by atoms with Crippen molar-refractivity contribution < 1.29 is 9.90 Å². The SMILES string of the molecule is C#C.C/C=C\C(=N/CNc1ccc2[nH]c(C(=O)N(C)C)cc2c1)c1ccc(CO)cn1. The lowest BCUT2D eigenvalue weighted by atomic mass is 10.2. The number of nitrogens with zero attached hydrogens (tertiary/aromatic N) is 3. The summed E-state index contributed by atoms with van der Waals surface area (Å²) in [5.41, 5.74) is 4.65. The van der Waals surface area contributed by atoms with Gasteiger partial charge in [0.25, 0.3) is 5.91 Å². The first kappa shape index (κ1) is 23.4. The Labute approximate surface area is 182 Å². The predicted octanol–water partition coefficient (Wildman–Crippen LogP) is 3.44. The van der Waals surface area contributed by atoms with Crippen LogP contribution in [0.15, 0.2) is 59.7 Å². The third-order valence-electron chi connectivity index (χ3n) is 4.38. The summed E-state index contributed by atoms with van der Waals surface area (Å²) in [6.07, 6.45) is 13.5. The number of aliphatic imine (C=N–C) groups is 1. The molecule has 1 aromatic carbocycles. The summed E-state index contributed by atoms with van der Waals surface area (Å²) >= 11 is 0. The van der Waals surface area contributed by atoms with Crippen LogP contribution in [0.5, 0.6) is 0 Å². The standard InChI is InChI=1S/C22H25N5O2.C2H2/c1-4-5-19(20-8-6-15(13-28)12-23-20)25-14-24-17-7-9-18-16(10-17)11-21(26-18)22(29)27(2)3;1-2/h4-12,24,26,28H,13-14H2,1-3H3;1-2H/b5-4-,25-19+;. The van der Waals surface area contributed by atoms with Crippen molar-refractivity contribution in [1.82, 2.24) is 14.9 Å². The fourth-order valence-corrected chi connectivity index (χ4v) is 2.86. The molecule has 7 nitrogen and oxygen atoms in total. The molecular weight excluding hydrogens is 390 g/mol. The first-order valence-electron chi connectivity index (χ1n) is 9.66. The molecule has 0 aliphatic carbocycles. The number of benzene rings is 1. The molecule has 0 aliphatic rings. The summed E-state index contributed by atoms with van der Waals surface area (Å²) in [5.74, 6) is -0.0592. The van der Waals surface area contributed by atoms with Gasteiger partial charge in [0, 0.05) is 36.9 Å². The summed E-state index contributed by atoms with van der Waals surface area (Å²) in [5, 5.41) is 13.4. The minimum absolute atomic E-state index is 0.0333. The van der Waals surface area contributed by atoms with Gasteiger partial charge in [-0.05, 0) is 48.9 Å². The zero-order valence-corrected chi connectivity index (χ0v) is 18.0. The average Bonchev–Trinajstić information content (AvgIpc) is 3.22. The van der Waals surface area contributed by atoms with Gasteiger partial charge < -0.3 is 20.3 Å². The number of aromatic nitrogens is 2. The zero-order chi connectivity index (χ0) is 22.8. The molecule has 0 bridgehead atoms. The largest absolute Gasteiger partial charge is 0.392 e. The van der Waals surface area contributed by atoms with Gasteiger partial charge >= 0.3 is 0 Å². The van der Waals surface area contributed by atoms with Gasteiger partial charge in [0.2, 0.25) is 0 Å². The number of anilines is 1. The number of amides is 1. The molecule has 3 aromatic rings. The third-order valence-corrected chi connectivity index (χ3v) is 4.38. The van der Waals surface area contributed by atoms with Crippen LogP contribution in [0.2, 0.25) is 0 Å². The van der Waals surface area contributed by atoms with E-state index in [-0.39, 0.29) is 12.5 Å². The summed E-state index contributed by atoms with van der Waals surface area (Å²) in [6, 6.07) is 11.4. The van der Waals surface area contributed by atoms with Crippen LogP contribution in [0.1, 0.15) is 28.7 Å². The predicted molar refractivity (Wildman–Crippen MR) is 126 cm³/mol. The Morgan fingerprint density at radius 3 is 2.65 bits per heavy atom. The number of H-pyrrole nitrogens is 1. The van der Waals surface area contributed by atoms with Crippen molar-refractivity contribution in [1.29, 1.82) is 0 Å². The number of terminal acetylenes is 1. The quantitative estimate of drug-likeness (QED) is 0.405. The van der Waals surface area contributed by atoms with E-state index in [1.165, 1.54) is 0 Å². The number of nitrogens with one attached hydrogen (secondary N) is 2. The minimum atomic E-state index is -0.0592. The van der Waals surface area contributed by atoms with Crippen LogP contribution in [0.25, 0.3) is 10.9 Å².